The Balaban J connectivity index is 1.35. The first-order valence-electron chi connectivity index (χ1n) is 12.0. The minimum atomic E-state index is -1.36. The molecule has 1 atom stereocenters. The largest absolute Gasteiger partial charge is 0.462 e. The summed E-state index contributed by atoms with van der Waals surface area (Å²) in [6, 6.07) is 24.1. The molecule has 0 bridgehead atoms. The Kier molecular flexibility index (Phi) is 5.88. The van der Waals surface area contributed by atoms with Crippen molar-refractivity contribution in [2.75, 3.05) is 33.0 Å². The first-order chi connectivity index (χ1) is 17.6. The standard InChI is InChI=1S/C29H25ClN2O4/c30-24-13-7-6-12-23(24)26(25-18-35-19-36-25)31-14-16-32(17-15-31)29(20-8-2-1-3-9-20)27(33)21-10-4-5-11-22(21)28(29)34/h1-13,18,26H,14-17,19H2. The molecular formula is C29H25ClN2O4. The first-order valence-corrected chi connectivity index (χ1v) is 12.4. The second kappa shape index (κ2) is 9.21. The highest BCUT2D eigenvalue weighted by Gasteiger charge is 2.58. The smallest absolute Gasteiger partial charge is 0.229 e. The summed E-state index contributed by atoms with van der Waals surface area (Å²) in [6.07, 6.45) is 1.65. The Hall–Kier alpha value is -3.45. The Morgan fingerprint density at radius 2 is 1.39 bits per heavy atom. The summed E-state index contributed by atoms with van der Waals surface area (Å²) in [5.41, 5.74) is 1.27. The van der Waals surface area contributed by atoms with Crippen LogP contribution >= 0.6 is 11.6 Å². The van der Waals surface area contributed by atoms with Crippen LogP contribution in [0, 0.1) is 0 Å². The lowest BCUT2D eigenvalue weighted by atomic mass is 9.82. The van der Waals surface area contributed by atoms with Gasteiger partial charge in [-0.05, 0) is 17.2 Å². The molecule has 0 radical (unpaired) electrons. The molecule has 6 nitrogen and oxygen atoms in total. The molecule has 2 heterocycles. The number of carbonyl (C=O) groups is 2. The number of fused-ring (bicyclic) bond motifs is 1. The van der Waals surface area contributed by atoms with Crippen LogP contribution in [0.3, 0.4) is 0 Å². The molecule has 2 aliphatic heterocycles. The normalized spacial score (nSPS) is 20.4. The van der Waals surface area contributed by atoms with Crippen molar-refractivity contribution in [2.45, 2.75) is 11.6 Å². The number of hydrogen-bond acceptors (Lipinski definition) is 6. The average Bonchev–Trinajstić information content (AvgIpc) is 3.53. The van der Waals surface area contributed by atoms with Crippen LogP contribution in [-0.2, 0) is 15.0 Å². The summed E-state index contributed by atoms with van der Waals surface area (Å²) in [7, 11) is 0. The van der Waals surface area contributed by atoms with Gasteiger partial charge < -0.3 is 9.47 Å². The SMILES string of the molecule is O=C1c2ccccc2C(=O)C1(c1ccccc1)N1CCN(C(C2=COCO2)c2ccccc2Cl)CC1. The number of nitrogens with zero attached hydrogens (tertiary/aromatic N) is 2. The van der Waals surface area contributed by atoms with Crippen molar-refractivity contribution in [1.82, 2.24) is 9.80 Å². The molecular weight excluding hydrogens is 476 g/mol. The summed E-state index contributed by atoms with van der Waals surface area (Å²) in [4.78, 5) is 32.3. The van der Waals surface area contributed by atoms with E-state index in [0.29, 0.717) is 53.7 Å². The predicted molar refractivity (Wildman–Crippen MR) is 136 cm³/mol. The summed E-state index contributed by atoms with van der Waals surface area (Å²) < 4.78 is 11.2. The molecule has 0 amide bonds. The average molecular weight is 501 g/mol. The Morgan fingerprint density at radius 1 is 0.778 bits per heavy atom. The van der Waals surface area contributed by atoms with Crippen LogP contribution in [0.15, 0.2) is 90.9 Å². The van der Waals surface area contributed by atoms with E-state index >= 15 is 0 Å². The van der Waals surface area contributed by atoms with Gasteiger partial charge in [-0.3, -0.25) is 19.4 Å². The second-order valence-electron chi connectivity index (χ2n) is 9.18. The number of ketones is 2. The Bertz CT molecular complexity index is 1310. The van der Waals surface area contributed by atoms with Crippen molar-refractivity contribution in [3.05, 3.63) is 118 Å². The van der Waals surface area contributed by atoms with E-state index in [0.717, 1.165) is 5.56 Å². The van der Waals surface area contributed by atoms with Gasteiger partial charge in [0, 0.05) is 42.3 Å². The van der Waals surface area contributed by atoms with E-state index < -0.39 is 5.54 Å². The van der Waals surface area contributed by atoms with Crippen molar-refractivity contribution < 1.29 is 19.1 Å². The second-order valence-corrected chi connectivity index (χ2v) is 9.58. The highest BCUT2D eigenvalue weighted by molar-refractivity contribution is 6.33. The van der Waals surface area contributed by atoms with Gasteiger partial charge in [0.05, 0.1) is 6.04 Å². The summed E-state index contributed by atoms with van der Waals surface area (Å²) in [5.74, 6) is 0.399. The van der Waals surface area contributed by atoms with Crippen molar-refractivity contribution >= 4 is 23.2 Å². The molecule has 36 heavy (non-hydrogen) atoms. The summed E-state index contributed by atoms with van der Waals surface area (Å²) >= 11 is 6.59. The van der Waals surface area contributed by atoms with Crippen molar-refractivity contribution in [3.63, 3.8) is 0 Å². The van der Waals surface area contributed by atoms with E-state index in [1.807, 2.05) is 71.6 Å². The van der Waals surface area contributed by atoms with Crippen LogP contribution < -0.4 is 0 Å². The Labute approximate surface area is 214 Å². The quantitative estimate of drug-likeness (QED) is 0.468. The zero-order chi connectivity index (χ0) is 24.7. The van der Waals surface area contributed by atoms with Gasteiger partial charge in [-0.2, -0.15) is 0 Å². The number of halogens is 1. The van der Waals surface area contributed by atoms with E-state index in [-0.39, 0.29) is 24.4 Å². The van der Waals surface area contributed by atoms with Crippen LogP contribution in [0.4, 0.5) is 0 Å². The van der Waals surface area contributed by atoms with Crippen LogP contribution in [0.5, 0.6) is 0 Å². The van der Waals surface area contributed by atoms with E-state index in [1.54, 1.807) is 18.4 Å². The van der Waals surface area contributed by atoms with E-state index in [1.165, 1.54) is 0 Å². The van der Waals surface area contributed by atoms with Gasteiger partial charge in [-0.25, -0.2) is 0 Å². The van der Waals surface area contributed by atoms with Gasteiger partial charge in [0.2, 0.25) is 6.79 Å². The van der Waals surface area contributed by atoms with Crippen molar-refractivity contribution in [3.8, 4) is 0 Å². The number of benzene rings is 3. The molecule has 6 rings (SSSR count). The monoisotopic (exact) mass is 500 g/mol. The molecule has 3 aromatic rings. The Morgan fingerprint density at radius 3 is 2.00 bits per heavy atom. The van der Waals surface area contributed by atoms with Crippen LogP contribution in [0.25, 0.3) is 0 Å². The van der Waals surface area contributed by atoms with Gasteiger partial charge in [0.15, 0.2) is 22.9 Å². The molecule has 1 fully saturated rings. The summed E-state index contributed by atoms with van der Waals surface area (Å²) in [6.45, 7) is 2.45. The molecule has 0 N–H and O–H groups in total. The first kappa shape index (κ1) is 23.0. The maximum atomic E-state index is 14.0. The molecule has 1 saturated heterocycles. The van der Waals surface area contributed by atoms with Gasteiger partial charge in [-0.1, -0.05) is 84.4 Å². The number of Topliss-reactive ketones (excluding diaryl/α,β-unsaturated/α-hetero) is 2. The van der Waals surface area contributed by atoms with Gasteiger partial charge in [-0.15, -0.1) is 0 Å². The van der Waals surface area contributed by atoms with Crippen LogP contribution in [-0.4, -0.2) is 54.3 Å². The highest BCUT2D eigenvalue weighted by Crippen LogP contribution is 2.44. The minimum absolute atomic E-state index is 0.152. The number of ether oxygens (including phenoxy) is 2. The molecule has 3 aromatic carbocycles. The zero-order valence-electron chi connectivity index (χ0n) is 19.6. The van der Waals surface area contributed by atoms with Crippen molar-refractivity contribution in [2.24, 2.45) is 0 Å². The topological polar surface area (TPSA) is 59.1 Å². The molecule has 1 unspecified atom stereocenters. The maximum Gasteiger partial charge on any atom is 0.229 e. The number of carbonyl (C=O) groups excluding carboxylic acids is 2. The third-order valence-corrected chi connectivity index (χ3v) is 7.73. The fraction of sp³-hybridized carbons (Fsp3) is 0.241. The maximum absolute atomic E-state index is 14.0. The lowest BCUT2D eigenvalue weighted by molar-refractivity contribution is 0.0133. The molecule has 7 heteroatoms. The van der Waals surface area contributed by atoms with Crippen LogP contribution in [0.2, 0.25) is 5.02 Å². The third kappa shape index (κ3) is 3.48. The van der Waals surface area contributed by atoms with Crippen molar-refractivity contribution in [1.29, 1.82) is 0 Å². The van der Waals surface area contributed by atoms with Gasteiger partial charge in [0.1, 0.15) is 6.26 Å². The molecule has 182 valence electrons. The molecule has 0 saturated carbocycles. The molecule has 0 spiro atoms. The lowest BCUT2D eigenvalue weighted by Gasteiger charge is -2.45. The van der Waals surface area contributed by atoms with Gasteiger partial charge >= 0.3 is 0 Å². The lowest BCUT2D eigenvalue weighted by Crippen LogP contribution is -2.60. The fourth-order valence-electron chi connectivity index (χ4n) is 5.72. The molecule has 1 aliphatic carbocycles. The number of rotatable bonds is 5. The van der Waals surface area contributed by atoms with Crippen LogP contribution in [0.1, 0.15) is 37.9 Å². The van der Waals surface area contributed by atoms with E-state index in [2.05, 4.69) is 4.90 Å². The third-order valence-electron chi connectivity index (χ3n) is 7.38. The fourth-order valence-corrected chi connectivity index (χ4v) is 5.96. The minimum Gasteiger partial charge on any atom is -0.462 e. The molecule has 3 aliphatic rings. The summed E-state index contributed by atoms with van der Waals surface area (Å²) in [5, 5.41) is 0.652. The molecule has 0 aromatic heterocycles. The zero-order valence-corrected chi connectivity index (χ0v) is 20.4. The van der Waals surface area contributed by atoms with Gasteiger partial charge in [0.25, 0.3) is 0 Å². The van der Waals surface area contributed by atoms with E-state index in [9.17, 15) is 9.59 Å². The number of hydrogen-bond donors (Lipinski definition) is 0. The highest BCUT2D eigenvalue weighted by atomic mass is 35.5. The number of piperazine rings is 1. The predicted octanol–water partition coefficient (Wildman–Crippen LogP) is 4.82. The van der Waals surface area contributed by atoms with E-state index in [4.69, 9.17) is 21.1 Å².